The van der Waals surface area contributed by atoms with E-state index in [0.29, 0.717) is 5.25 Å². The van der Waals surface area contributed by atoms with Gasteiger partial charge in [0, 0.05) is 0 Å². The summed E-state index contributed by atoms with van der Waals surface area (Å²) in [6.07, 6.45) is -0.140. The maximum absolute atomic E-state index is 12.0. The van der Waals surface area contributed by atoms with Gasteiger partial charge < -0.3 is 10.5 Å². The van der Waals surface area contributed by atoms with Gasteiger partial charge in [0.2, 0.25) is 0 Å². The first-order chi connectivity index (χ1) is 8.91. The third-order valence-electron chi connectivity index (χ3n) is 2.50. The van der Waals surface area contributed by atoms with Crippen LogP contribution < -0.4 is 5.73 Å². The van der Waals surface area contributed by atoms with E-state index in [2.05, 4.69) is 13.8 Å². The second-order valence-corrected chi connectivity index (χ2v) is 6.75. The molecule has 0 aliphatic rings. The van der Waals surface area contributed by atoms with Crippen LogP contribution in [0.3, 0.4) is 0 Å². The summed E-state index contributed by atoms with van der Waals surface area (Å²) < 4.78 is 5.22. The van der Waals surface area contributed by atoms with E-state index in [1.165, 1.54) is 0 Å². The summed E-state index contributed by atoms with van der Waals surface area (Å²) in [4.78, 5) is 12.0. The molecule has 0 amide bonds. The minimum absolute atomic E-state index is 0.0764. The molecule has 1 rings (SSSR count). The Morgan fingerprint density at radius 3 is 2.21 bits per heavy atom. The Morgan fingerprint density at radius 1 is 1.16 bits per heavy atom. The van der Waals surface area contributed by atoms with E-state index in [1.54, 1.807) is 11.8 Å². The van der Waals surface area contributed by atoms with Crippen molar-refractivity contribution < 1.29 is 9.53 Å². The SMILES string of the molecule is CC(C)OC(=O)C(N)C(SC(C)C)c1ccccc1. The van der Waals surface area contributed by atoms with Gasteiger partial charge in [-0.15, -0.1) is 11.8 Å². The van der Waals surface area contributed by atoms with Gasteiger partial charge in [0.15, 0.2) is 0 Å². The first-order valence-corrected chi connectivity index (χ1v) is 7.52. The Morgan fingerprint density at radius 2 is 1.74 bits per heavy atom. The van der Waals surface area contributed by atoms with Crippen LogP contribution in [0.25, 0.3) is 0 Å². The van der Waals surface area contributed by atoms with E-state index in [0.717, 1.165) is 5.56 Å². The molecular weight excluding hydrogens is 258 g/mol. The highest BCUT2D eigenvalue weighted by molar-refractivity contribution is 8.00. The summed E-state index contributed by atoms with van der Waals surface area (Å²) >= 11 is 1.69. The van der Waals surface area contributed by atoms with Crippen molar-refractivity contribution in [1.82, 2.24) is 0 Å². The van der Waals surface area contributed by atoms with E-state index >= 15 is 0 Å². The zero-order valence-corrected chi connectivity index (χ0v) is 12.8. The first kappa shape index (κ1) is 16.1. The molecule has 2 unspecified atom stereocenters. The van der Waals surface area contributed by atoms with Crippen LogP contribution in [0.4, 0.5) is 0 Å². The summed E-state index contributed by atoms with van der Waals surface area (Å²) in [6, 6.07) is 9.24. The largest absolute Gasteiger partial charge is 0.462 e. The highest BCUT2D eigenvalue weighted by Crippen LogP contribution is 2.34. The molecule has 2 N–H and O–H groups in total. The van der Waals surface area contributed by atoms with Gasteiger partial charge >= 0.3 is 5.97 Å². The second-order valence-electron chi connectivity index (χ2n) is 5.03. The van der Waals surface area contributed by atoms with Crippen LogP contribution in [0, 0.1) is 0 Å². The minimum Gasteiger partial charge on any atom is -0.462 e. The Bertz CT molecular complexity index is 392. The number of carbonyl (C=O) groups is 1. The fourth-order valence-corrected chi connectivity index (χ4v) is 2.92. The van der Waals surface area contributed by atoms with Gasteiger partial charge in [0.25, 0.3) is 0 Å². The number of nitrogens with two attached hydrogens (primary N) is 1. The van der Waals surface area contributed by atoms with Crippen molar-refractivity contribution in [3.05, 3.63) is 35.9 Å². The lowest BCUT2D eigenvalue weighted by Gasteiger charge is -2.25. The minimum atomic E-state index is -0.641. The van der Waals surface area contributed by atoms with Crippen molar-refractivity contribution in [3.8, 4) is 0 Å². The average molecular weight is 281 g/mol. The Balaban J connectivity index is 2.88. The smallest absolute Gasteiger partial charge is 0.324 e. The van der Waals surface area contributed by atoms with Crippen molar-refractivity contribution in [2.24, 2.45) is 5.73 Å². The first-order valence-electron chi connectivity index (χ1n) is 6.58. The highest BCUT2D eigenvalue weighted by Gasteiger charge is 2.29. The molecular formula is C15H23NO2S. The molecule has 0 bridgehead atoms. The zero-order chi connectivity index (χ0) is 14.4. The van der Waals surface area contributed by atoms with Gasteiger partial charge in [-0.25, -0.2) is 0 Å². The van der Waals surface area contributed by atoms with Crippen LogP contribution in [0.5, 0.6) is 0 Å². The number of benzene rings is 1. The predicted octanol–water partition coefficient (Wildman–Crippen LogP) is 3.15. The molecule has 0 aromatic heterocycles. The van der Waals surface area contributed by atoms with E-state index in [1.807, 2.05) is 44.2 Å². The van der Waals surface area contributed by atoms with Crippen LogP contribution in [-0.2, 0) is 9.53 Å². The van der Waals surface area contributed by atoms with Crippen molar-refractivity contribution >= 4 is 17.7 Å². The third kappa shape index (κ3) is 5.25. The molecule has 1 aromatic carbocycles. The number of hydrogen-bond acceptors (Lipinski definition) is 4. The van der Waals surface area contributed by atoms with Gasteiger partial charge in [-0.3, -0.25) is 4.79 Å². The van der Waals surface area contributed by atoms with Crippen molar-refractivity contribution in [3.63, 3.8) is 0 Å². The number of rotatable bonds is 6. The topological polar surface area (TPSA) is 52.3 Å². The summed E-state index contributed by atoms with van der Waals surface area (Å²) in [5.41, 5.74) is 7.16. The van der Waals surface area contributed by atoms with Crippen LogP contribution in [0.15, 0.2) is 30.3 Å². The normalized spacial score (nSPS) is 14.5. The molecule has 2 atom stereocenters. The Hall–Kier alpha value is -1.00. The van der Waals surface area contributed by atoms with Gasteiger partial charge in [-0.1, -0.05) is 44.2 Å². The summed E-state index contributed by atoms with van der Waals surface area (Å²) in [5.74, 6) is -0.336. The van der Waals surface area contributed by atoms with Gasteiger partial charge in [0.05, 0.1) is 11.4 Å². The predicted molar refractivity (Wildman–Crippen MR) is 81.1 cm³/mol. The molecule has 0 aliphatic carbocycles. The zero-order valence-electron chi connectivity index (χ0n) is 12.0. The number of ether oxygens (including phenoxy) is 1. The molecule has 0 fully saturated rings. The van der Waals surface area contributed by atoms with Crippen LogP contribution in [0.1, 0.15) is 38.5 Å². The van der Waals surface area contributed by atoms with Gasteiger partial charge in [-0.05, 0) is 24.7 Å². The molecule has 3 nitrogen and oxygen atoms in total. The summed E-state index contributed by atoms with van der Waals surface area (Å²) in [7, 11) is 0. The van der Waals surface area contributed by atoms with Gasteiger partial charge in [0.1, 0.15) is 6.04 Å². The number of esters is 1. The lowest BCUT2D eigenvalue weighted by Crippen LogP contribution is -2.38. The molecule has 19 heavy (non-hydrogen) atoms. The maximum Gasteiger partial charge on any atom is 0.324 e. The van der Waals surface area contributed by atoms with E-state index < -0.39 is 6.04 Å². The molecule has 0 radical (unpaired) electrons. The third-order valence-corrected chi connectivity index (χ3v) is 3.90. The van der Waals surface area contributed by atoms with Crippen molar-refractivity contribution in [1.29, 1.82) is 0 Å². The standard InChI is InChI=1S/C15H23NO2S/c1-10(2)18-15(17)13(16)14(19-11(3)4)12-8-6-5-7-9-12/h5-11,13-14H,16H2,1-4H3. The Labute approximate surface area is 119 Å². The van der Waals surface area contributed by atoms with E-state index in [4.69, 9.17) is 10.5 Å². The lowest BCUT2D eigenvalue weighted by molar-refractivity contribution is -0.149. The molecule has 1 aromatic rings. The maximum atomic E-state index is 12.0. The quantitative estimate of drug-likeness (QED) is 0.814. The molecule has 0 saturated heterocycles. The van der Waals surface area contributed by atoms with E-state index in [9.17, 15) is 4.79 Å². The highest BCUT2D eigenvalue weighted by atomic mass is 32.2. The van der Waals surface area contributed by atoms with Crippen molar-refractivity contribution in [2.45, 2.75) is 50.3 Å². The van der Waals surface area contributed by atoms with Gasteiger partial charge in [-0.2, -0.15) is 0 Å². The molecule has 0 saturated carbocycles. The van der Waals surface area contributed by atoms with Crippen molar-refractivity contribution in [2.75, 3.05) is 0 Å². The Kier molecular flexibility index (Phi) is 6.38. The molecule has 106 valence electrons. The average Bonchev–Trinajstić information content (AvgIpc) is 2.35. The molecule has 0 spiro atoms. The lowest BCUT2D eigenvalue weighted by atomic mass is 10.1. The van der Waals surface area contributed by atoms with E-state index in [-0.39, 0.29) is 17.3 Å². The van der Waals surface area contributed by atoms with Crippen LogP contribution >= 0.6 is 11.8 Å². The fraction of sp³-hybridized carbons (Fsp3) is 0.533. The number of thioether (sulfide) groups is 1. The monoisotopic (exact) mass is 281 g/mol. The molecule has 4 heteroatoms. The number of hydrogen-bond donors (Lipinski definition) is 1. The van der Waals surface area contributed by atoms with Crippen LogP contribution in [-0.4, -0.2) is 23.4 Å². The summed E-state index contributed by atoms with van der Waals surface area (Å²) in [5, 5.41) is 0.315. The van der Waals surface area contributed by atoms with Crippen LogP contribution in [0.2, 0.25) is 0 Å². The molecule has 0 aliphatic heterocycles. The number of carbonyl (C=O) groups excluding carboxylic acids is 1. The molecule has 0 heterocycles. The summed E-state index contributed by atoms with van der Waals surface area (Å²) in [6.45, 7) is 7.86. The fourth-order valence-electron chi connectivity index (χ4n) is 1.74. The second kappa shape index (κ2) is 7.56.